The standard InChI is InChI=1S/C15H30N2O2/c1-4-13-10-19-12(2)9-17(13)15(11-16)7-5-14(18-3)6-8-15/h12-14H,4-11,16H2,1-3H3. The average molecular weight is 270 g/mol. The zero-order valence-electron chi connectivity index (χ0n) is 12.7. The molecule has 1 heterocycles. The van der Waals surface area contributed by atoms with Crippen LogP contribution in [-0.2, 0) is 9.47 Å². The molecule has 19 heavy (non-hydrogen) atoms. The Labute approximate surface area is 117 Å². The largest absolute Gasteiger partial charge is 0.381 e. The van der Waals surface area contributed by atoms with Gasteiger partial charge < -0.3 is 15.2 Å². The Morgan fingerprint density at radius 1 is 1.37 bits per heavy atom. The summed E-state index contributed by atoms with van der Waals surface area (Å²) in [5.74, 6) is 0. The van der Waals surface area contributed by atoms with Crippen molar-refractivity contribution in [2.45, 2.75) is 69.7 Å². The number of methoxy groups -OCH3 is 1. The summed E-state index contributed by atoms with van der Waals surface area (Å²) in [6.45, 7) is 7.05. The summed E-state index contributed by atoms with van der Waals surface area (Å²) < 4.78 is 11.3. The van der Waals surface area contributed by atoms with Gasteiger partial charge in [0.25, 0.3) is 0 Å². The Morgan fingerprint density at radius 3 is 2.58 bits per heavy atom. The highest BCUT2D eigenvalue weighted by Gasteiger charge is 2.44. The topological polar surface area (TPSA) is 47.7 Å². The second-order valence-electron chi connectivity index (χ2n) is 6.22. The van der Waals surface area contributed by atoms with Crippen molar-refractivity contribution in [3.63, 3.8) is 0 Å². The van der Waals surface area contributed by atoms with Crippen molar-refractivity contribution in [3.8, 4) is 0 Å². The minimum Gasteiger partial charge on any atom is -0.381 e. The van der Waals surface area contributed by atoms with E-state index in [4.69, 9.17) is 15.2 Å². The van der Waals surface area contributed by atoms with Gasteiger partial charge in [-0.3, -0.25) is 4.90 Å². The first-order valence-electron chi connectivity index (χ1n) is 7.76. The fourth-order valence-corrected chi connectivity index (χ4v) is 3.74. The van der Waals surface area contributed by atoms with E-state index in [2.05, 4.69) is 18.7 Å². The molecule has 1 aliphatic carbocycles. The maximum Gasteiger partial charge on any atom is 0.0675 e. The summed E-state index contributed by atoms with van der Waals surface area (Å²) in [4.78, 5) is 2.66. The van der Waals surface area contributed by atoms with E-state index < -0.39 is 0 Å². The zero-order valence-corrected chi connectivity index (χ0v) is 12.7. The van der Waals surface area contributed by atoms with Crippen LogP contribution in [-0.4, -0.2) is 55.5 Å². The third-order valence-electron chi connectivity index (χ3n) is 5.12. The van der Waals surface area contributed by atoms with Crippen molar-refractivity contribution in [3.05, 3.63) is 0 Å². The highest BCUT2D eigenvalue weighted by Crippen LogP contribution is 2.37. The lowest BCUT2D eigenvalue weighted by molar-refractivity contribution is -0.116. The fraction of sp³-hybridized carbons (Fsp3) is 1.00. The number of nitrogens with two attached hydrogens (primary N) is 1. The molecule has 2 atom stereocenters. The molecule has 2 aliphatic rings. The molecule has 0 bridgehead atoms. The van der Waals surface area contributed by atoms with Crippen LogP contribution in [0.5, 0.6) is 0 Å². The number of hydrogen-bond acceptors (Lipinski definition) is 4. The van der Waals surface area contributed by atoms with Gasteiger partial charge in [-0.15, -0.1) is 0 Å². The molecule has 0 aromatic heterocycles. The molecule has 1 aliphatic heterocycles. The minimum atomic E-state index is 0.174. The van der Waals surface area contributed by atoms with E-state index in [0.29, 0.717) is 18.2 Å². The molecule has 112 valence electrons. The molecule has 4 nitrogen and oxygen atoms in total. The number of morpholine rings is 1. The van der Waals surface area contributed by atoms with Crippen molar-refractivity contribution in [2.75, 3.05) is 26.8 Å². The molecular formula is C15H30N2O2. The third-order valence-corrected chi connectivity index (χ3v) is 5.12. The number of hydrogen-bond donors (Lipinski definition) is 1. The van der Waals surface area contributed by atoms with Crippen LogP contribution >= 0.6 is 0 Å². The van der Waals surface area contributed by atoms with Crippen LogP contribution in [0.25, 0.3) is 0 Å². The van der Waals surface area contributed by atoms with E-state index in [0.717, 1.165) is 51.8 Å². The van der Waals surface area contributed by atoms with Gasteiger partial charge in [-0.1, -0.05) is 6.92 Å². The molecule has 4 heteroatoms. The number of nitrogens with zero attached hydrogens (tertiary/aromatic N) is 1. The van der Waals surface area contributed by atoms with Crippen LogP contribution in [0.15, 0.2) is 0 Å². The lowest BCUT2D eigenvalue weighted by Crippen LogP contribution is -2.64. The first kappa shape index (κ1) is 15.2. The van der Waals surface area contributed by atoms with E-state index in [1.807, 2.05) is 7.11 Å². The lowest BCUT2D eigenvalue weighted by atomic mass is 9.77. The van der Waals surface area contributed by atoms with Crippen LogP contribution in [0.4, 0.5) is 0 Å². The van der Waals surface area contributed by atoms with Crippen molar-refractivity contribution in [1.82, 2.24) is 4.90 Å². The molecule has 2 fully saturated rings. The Bertz CT molecular complexity index is 277. The Balaban J connectivity index is 2.10. The molecule has 0 amide bonds. The van der Waals surface area contributed by atoms with E-state index in [1.165, 1.54) is 0 Å². The Kier molecular flexibility index (Phi) is 5.23. The number of ether oxygens (including phenoxy) is 2. The summed E-state index contributed by atoms with van der Waals surface area (Å²) >= 11 is 0. The molecular weight excluding hydrogens is 240 g/mol. The molecule has 1 saturated heterocycles. The average Bonchev–Trinajstić information content (AvgIpc) is 2.47. The SMILES string of the molecule is CCC1COC(C)CN1C1(CN)CCC(OC)CC1. The van der Waals surface area contributed by atoms with E-state index in [1.54, 1.807) is 0 Å². The summed E-state index contributed by atoms with van der Waals surface area (Å²) in [5.41, 5.74) is 6.37. The van der Waals surface area contributed by atoms with E-state index in [9.17, 15) is 0 Å². The second kappa shape index (κ2) is 6.53. The zero-order chi connectivity index (χ0) is 13.9. The summed E-state index contributed by atoms with van der Waals surface area (Å²) in [6, 6.07) is 0.527. The highest BCUT2D eigenvalue weighted by atomic mass is 16.5. The van der Waals surface area contributed by atoms with Gasteiger partial charge in [-0.2, -0.15) is 0 Å². The smallest absolute Gasteiger partial charge is 0.0675 e. The molecule has 0 aromatic carbocycles. The predicted molar refractivity (Wildman–Crippen MR) is 77.2 cm³/mol. The Morgan fingerprint density at radius 2 is 2.05 bits per heavy atom. The molecule has 0 aromatic rings. The molecule has 1 saturated carbocycles. The molecule has 0 radical (unpaired) electrons. The van der Waals surface area contributed by atoms with Gasteiger partial charge in [-0.25, -0.2) is 0 Å². The van der Waals surface area contributed by atoms with Gasteiger partial charge in [0.15, 0.2) is 0 Å². The van der Waals surface area contributed by atoms with Gasteiger partial charge in [0.2, 0.25) is 0 Å². The predicted octanol–water partition coefficient (Wildman–Crippen LogP) is 1.77. The molecule has 2 N–H and O–H groups in total. The highest BCUT2D eigenvalue weighted by molar-refractivity contribution is 5.00. The van der Waals surface area contributed by atoms with Crippen LogP contribution in [0.3, 0.4) is 0 Å². The maximum atomic E-state index is 6.20. The summed E-state index contributed by atoms with van der Waals surface area (Å²) in [5, 5.41) is 0. The van der Waals surface area contributed by atoms with Gasteiger partial charge in [0.1, 0.15) is 0 Å². The van der Waals surface area contributed by atoms with Crippen molar-refractivity contribution in [2.24, 2.45) is 5.73 Å². The monoisotopic (exact) mass is 270 g/mol. The van der Waals surface area contributed by atoms with Crippen LogP contribution in [0, 0.1) is 0 Å². The van der Waals surface area contributed by atoms with Crippen molar-refractivity contribution < 1.29 is 9.47 Å². The number of rotatable bonds is 4. The maximum absolute atomic E-state index is 6.20. The molecule has 0 spiro atoms. The third kappa shape index (κ3) is 3.13. The van der Waals surface area contributed by atoms with Crippen LogP contribution < -0.4 is 5.73 Å². The van der Waals surface area contributed by atoms with Gasteiger partial charge in [0, 0.05) is 31.8 Å². The minimum absolute atomic E-state index is 0.174. The lowest BCUT2D eigenvalue weighted by Gasteiger charge is -2.53. The van der Waals surface area contributed by atoms with Gasteiger partial charge in [0.05, 0.1) is 18.8 Å². The van der Waals surface area contributed by atoms with E-state index in [-0.39, 0.29) is 5.54 Å². The summed E-state index contributed by atoms with van der Waals surface area (Å²) in [6.07, 6.45) is 6.48. The summed E-state index contributed by atoms with van der Waals surface area (Å²) in [7, 11) is 1.83. The first-order chi connectivity index (χ1) is 9.15. The second-order valence-corrected chi connectivity index (χ2v) is 6.22. The van der Waals surface area contributed by atoms with Crippen molar-refractivity contribution >= 4 is 0 Å². The fourth-order valence-electron chi connectivity index (χ4n) is 3.74. The first-order valence-corrected chi connectivity index (χ1v) is 7.76. The van der Waals surface area contributed by atoms with E-state index >= 15 is 0 Å². The van der Waals surface area contributed by atoms with Crippen molar-refractivity contribution in [1.29, 1.82) is 0 Å². The quantitative estimate of drug-likeness (QED) is 0.846. The van der Waals surface area contributed by atoms with Crippen LogP contribution in [0.1, 0.15) is 46.0 Å². The molecule has 2 unspecified atom stereocenters. The molecule has 2 rings (SSSR count). The van der Waals surface area contributed by atoms with Gasteiger partial charge in [-0.05, 0) is 39.0 Å². The van der Waals surface area contributed by atoms with Crippen LogP contribution in [0.2, 0.25) is 0 Å². The normalized spacial score (nSPS) is 41.4. The van der Waals surface area contributed by atoms with Gasteiger partial charge >= 0.3 is 0 Å². The Hall–Kier alpha value is -0.160.